The number of fused-ring (bicyclic) bond motifs is 1. The first-order valence-electron chi connectivity index (χ1n) is 10.4. The average molecular weight is 481 g/mol. The topological polar surface area (TPSA) is 136 Å². The van der Waals surface area contributed by atoms with Gasteiger partial charge in [0.15, 0.2) is 5.82 Å². The summed E-state index contributed by atoms with van der Waals surface area (Å²) in [5.41, 5.74) is 8.23. The molecule has 0 radical (unpaired) electrons. The van der Waals surface area contributed by atoms with Crippen LogP contribution in [0.1, 0.15) is 10.4 Å². The van der Waals surface area contributed by atoms with Gasteiger partial charge in [0, 0.05) is 37.2 Å². The Morgan fingerprint density at radius 2 is 1.89 bits per heavy atom. The van der Waals surface area contributed by atoms with Crippen LogP contribution in [0, 0.1) is 11.6 Å². The van der Waals surface area contributed by atoms with Crippen LogP contribution < -0.4 is 21.7 Å². The van der Waals surface area contributed by atoms with Gasteiger partial charge in [-0.05, 0) is 29.8 Å². The van der Waals surface area contributed by atoms with E-state index in [9.17, 15) is 18.4 Å². The van der Waals surface area contributed by atoms with Crippen LogP contribution >= 0.6 is 0 Å². The third-order valence-electron chi connectivity index (χ3n) is 5.05. The average Bonchev–Trinajstić information content (AvgIpc) is 3.23. The highest BCUT2D eigenvalue weighted by Crippen LogP contribution is 2.33. The molecule has 0 saturated heterocycles. The maximum absolute atomic E-state index is 13.8. The molecule has 0 unspecified atom stereocenters. The molecule has 3 amide bonds. The number of halogens is 2. The number of carbonyl (C=O) groups excluding carboxylic acids is 2. The van der Waals surface area contributed by atoms with E-state index in [2.05, 4.69) is 26.0 Å². The van der Waals surface area contributed by atoms with Gasteiger partial charge in [-0.15, -0.1) is 0 Å². The molecule has 0 aliphatic heterocycles. The van der Waals surface area contributed by atoms with Crippen LogP contribution in [0.25, 0.3) is 16.6 Å². The number of hydrogen-bond donors (Lipinski definition) is 4. The summed E-state index contributed by atoms with van der Waals surface area (Å²) in [6.45, 7) is 0.662. The van der Waals surface area contributed by atoms with Crippen LogP contribution in [0.4, 0.5) is 30.8 Å². The molecule has 0 fully saturated rings. The minimum Gasteiger partial charge on any atom is -0.383 e. The Bertz CT molecular complexity index is 1390. The number of anilines is 3. The Balaban J connectivity index is 1.59. The number of rotatable bonds is 7. The zero-order chi connectivity index (χ0) is 24.9. The zero-order valence-corrected chi connectivity index (χ0v) is 18.5. The lowest BCUT2D eigenvalue weighted by Crippen LogP contribution is -2.27. The summed E-state index contributed by atoms with van der Waals surface area (Å²) in [7, 11) is 1.53. The lowest BCUT2D eigenvalue weighted by molar-refractivity contribution is 0.0937. The van der Waals surface area contributed by atoms with Crippen molar-refractivity contribution in [3.8, 4) is 11.1 Å². The molecular formula is C23H21F2N7O3. The minimum atomic E-state index is -0.896. The maximum atomic E-state index is 13.8. The molecule has 0 aliphatic carbocycles. The normalized spacial score (nSPS) is 10.8. The Morgan fingerprint density at radius 1 is 1.11 bits per heavy atom. The van der Waals surface area contributed by atoms with Crippen molar-refractivity contribution in [2.75, 3.05) is 36.6 Å². The summed E-state index contributed by atoms with van der Waals surface area (Å²) >= 11 is 0. The SMILES string of the molecule is COCCNC(=O)c1cn2ncnc(N)c2c1-c1ccc(NC(=O)Nc2ccc(F)cc2F)cc1. The summed E-state index contributed by atoms with van der Waals surface area (Å²) < 4.78 is 33.3. The predicted molar refractivity (Wildman–Crippen MR) is 126 cm³/mol. The fourth-order valence-electron chi connectivity index (χ4n) is 3.46. The number of urea groups is 1. The van der Waals surface area contributed by atoms with Gasteiger partial charge in [-0.1, -0.05) is 12.1 Å². The second-order valence-corrected chi connectivity index (χ2v) is 7.39. The van der Waals surface area contributed by atoms with E-state index in [1.54, 1.807) is 30.5 Å². The molecule has 4 rings (SSSR count). The number of ether oxygens (including phenoxy) is 1. The first kappa shape index (κ1) is 23.6. The van der Waals surface area contributed by atoms with E-state index in [0.29, 0.717) is 47.1 Å². The van der Waals surface area contributed by atoms with E-state index >= 15 is 0 Å². The molecule has 12 heteroatoms. The molecule has 0 spiro atoms. The number of nitrogens with one attached hydrogen (secondary N) is 3. The van der Waals surface area contributed by atoms with Crippen molar-refractivity contribution in [1.82, 2.24) is 19.9 Å². The van der Waals surface area contributed by atoms with Crippen LogP contribution in [-0.2, 0) is 4.74 Å². The highest BCUT2D eigenvalue weighted by molar-refractivity contribution is 6.07. The largest absolute Gasteiger partial charge is 0.383 e. The van der Waals surface area contributed by atoms with Gasteiger partial charge in [0.1, 0.15) is 23.5 Å². The minimum absolute atomic E-state index is 0.166. The lowest BCUT2D eigenvalue weighted by Gasteiger charge is -2.10. The summed E-state index contributed by atoms with van der Waals surface area (Å²) in [6.07, 6.45) is 2.84. The highest BCUT2D eigenvalue weighted by Gasteiger charge is 2.21. The molecule has 5 N–H and O–H groups in total. The van der Waals surface area contributed by atoms with Gasteiger partial charge in [0.05, 0.1) is 17.9 Å². The van der Waals surface area contributed by atoms with Gasteiger partial charge in [0.25, 0.3) is 5.91 Å². The fraction of sp³-hybridized carbons (Fsp3) is 0.130. The van der Waals surface area contributed by atoms with E-state index in [1.807, 2.05) is 0 Å². The Hall–Kier alpha value is -4.58. The van der Waals surface area contributed by atoms with Crippen LogP contribution in [0.3, 0.4) is 0 Å². The predicted octanol–water partition coefficient (Wildman–Crippen LogP) is 3.28. The third kappa shape index (κ3) is 5.17. The number of nitrogens with zero attached hydrogens (tertiary/aromatic N) is 3. The van der Waals surface area contributed by atoms with Gasteiger partial charge in [0.2, 0.25) is 0 Å². The number of nitrogens with two attached hydrogens (primary N) is 1. The Labute approximate surface area is 198 Å². The van der Waals surface area contributed by atoms with Crippen molar-refractivity contribution in [2.24, 2.45) is 0 Å². The van der Waals surface area contributed by atoms with Gasteiger partial charge in [-0.2, -0.15) is 5.10 Å². The monoisotopic (exact) mass is 481 g/mol. The van der Waals surface area contributed by atoms with Crippen LogP contribution in [0.15, 0.2) is 55.0 Å². The molecule has 35 heavy (non-hydrogen) atoms. The Kier molecular flexibility index (Phi) is 6.83. The van der Waals surface area contributed by atoms with Crippen LogP contribution in [0.2, 0.25) is 0 Å². The summed E-state index contributed by atoms with van der Waals surface area (Å²) in [6, 6.07) is 8.69. The molecular weight excluding hydrogens is 460 g/mol. The van der Waals surface area contributed by atoms with Crippen molar-refractivity contribution < 1.29 is 23.1 Å². The van der Waals surface area contributed by atoms with Gasteiger partial charge in [-0.3, -0.25) is 4.79 Å². The van der Waals surface area contributed by atoms with Gasteiger partial charge >= 0.3 is 6.03 Å². The quantitative estimate of drug-likeness (QED) is 0.299. The maximum Gasteiger partial charge on any atom is 0.323 e. The van der Waals surface area contributed by atoms with E-state index in [0.717, 1.165) is 12.1 Å². The van der Waals surface area contributed by atoms with Crippen molar-refractivity contribution in [3.05, 3.63) is 72.2 Å². The molecule has 2 aromatic heterocycles. The summed E-state index contributed by atoms with van der Waals surface area (Å²) in [5.74, 6) is -1.80. The molecule has 2 aromatic carbocycles. The van der Waals surface area contributed by atoms with E-state index in [4.69, 9.17) is 10.5 Å². The van der Waals surface area contributed by atoms with E-state index in [1.165, 1.54) is 18.0 Å². The van der Waals surface area contributed by atoms with E-state index < -0.39 is 17.7 Å². The Morgan fingerprint density at radius 3 is 2.60 bits per heavy atom. The number of amides is 3. The fourth-order valence-corrected chi connectivity index (χ4v) is 3.46. The summed E-state index contributed by atoms with van der Waals surface area (Å²) in [5, 5.41) is 11.8. The third-order valence-corrected chi connectivity index (χ3v) is 5.05. The molecule has 0 aliphatic rings. The number of aromatic nitrogens is 3. The number of benzene rings is 2. The molecule has 0 saturated carbocycles. The first-order valence-corrected chi connectivity index (χ1v) is 10.4. The van der Waals surface area contributed by atoms with Crippen molar-refractivity contribution in [2.45, 2.75) is 0 Å². The van der Waals surface area contributed by atoms with E-state index in [-0.39, 0.29) is 17.4 Å². The van der Waals surface area contributed by atoms with Gasteiger partial charge < -0.3 is 26.4 Å². The molecule has 0 atom stereocenters. The van der Waals surface area contributed by atoms with Crippen molar-refractivity contribution in [3.63, 3.8) is 0 Å². The number of nitrogen functional groups attached to an aromatic ring is 1. The second kappa shape index (κ2) is 10.1. The zero-order valence-electron chi connectivity index (χ0n) is 18.5. The molecule has 10 nitrogen and oxygen atoms in total. The lowest BCUT2D eigenvalue weighted by atomic mass is 10.0. The summed E-state index contributed by atoms with van der Waals surface area (Å²) in [4.78, 5) is 29.1. The standard InChI is InChI=1S/C23H21F2N7O3/c1-35-9-8-27-22(33)16-11-32-20(21(26)28-12-29-32)19(16)13-2-5-15(6-3-13)30-23(34)31-18-7-4-14(24)10-17(18)25/h2-7,10-12H,8-9H2,1H3,(H,27,33)(H2,26,28,29)(H2,30,31,34). The first-order chi connectivity index (χ1) is 16.9. The van der Waals surface area contributed by atoms with Crippen molar-refractivity contribution in [1.29, 1.82) is 0 Å². The number of carbonyl (C=O) groups is 2. The second-order valence-electron chi connectivity index (χ2n) is 7.39. The molecule has 2 heterocycles. The van der Waals surface area contributed by atoms with Crippen LogP contribution in [0.5, 0.6) is 0 Å². The highest BCUT2D eigenvalue weighted by atomic mass is 19.1. The van der Waals surface area contributed by atoms with Crippen molar-refractivity contribution >= 4 is 34.6 Å². The number of hydrogen-bond acceptors (Lipinski definition) is 6. The smallest absolute Gasteiger partial charge is 0.323 e. The molecule has 4 aromatic rings. The van der Waals surface area contributed by atoms with Crippen LogP contribution in [-0.4, -0.2) is 46.8 Å². The van der Waals surface area contributed by atoms with Gasteiger partial charge in [-0.25, -0.2) is 23.1 Å². The number of methoxy groups -OCH3 is 1. The molecule has 180 valence electrons. The molecule has 0 bridgehead atoms.